The summed E-state index contributed by atoms with van der Waals surface area (Å²) in [6, 6.07) is 11.8. The van der Waals surface area contributed by atoms with Crippen molar-refractivity contribution in [2.75, 3.05) is 4.90 Å². The summed E-state index contributed by atoms with van der Waals surface area (Å²) in [5.74, 6) is -1.38. The third kappa shape index (κ3) is 1.94. The van der Waals surface area contributed by atoms with Crippen molar-refractivity contribution < 1.29 is 14.7 Å². The number of carbonyl (C=O) groups is 2. The van der Waals surface area contributed by atoms with Gasteiger partial charge in [0.2, 0.25) is 0 Å². The van der Waals surface area contributed by atoms with Crippen LogP contribution in [-0.2, 0) is 6.54 Å². The number of halogens is 1. The number of amides is 1. The van der Waals surface area contributed by atoms with E-state index in [9.17, 15) is 14.7 Å². The predicted molar refractivity (Wildman–Crippen MR) is 75.4 cm³/mol. The summed E-state index contributed by atoms with van der Waals surface area (Å²) in [4.78, 5) is 25.2. The van der Waals surface area contributed by atoms with Gasteiger partial charge < -0.3 is 10.0 Å². The number of fused-ring (bicyclic) bond motifs is 1. The Balaban J connectivity index is 2.05. The van der Waals surface area contributed by atoms with Gasteiger partial charge in [0, 0.05) is 10.7 Å². The van der Waals surface area contributed by atoms with Crippen LogP contribution in [0.3, 0.4) is 0 Å². The molecule has 0 aromatic heterocycles. The summed E-state index contributed by atoms with van der Waals surface area (Å²) < 4.78 is 0. The van der Waals surface area contributed by atoms with Crippen molar-refractivity contribution in [1.82, 2.24) is 0 Å². The second-order valence-electron chi connectivity index (χ2n) is 4.51. The molecule has 1 N–H and O–H groups in total. The zero-order valence-corrected chi connectivity index (χ0v) is 11.1. The zero-order valence-electron chi connectivity index (χ0n) is 10.3. The minimum Gasteiger partial charge on any atom is -0.478 e. The minimum absolute atomic E-state index is 0.0453. The quantitative estimate of drug-likeness (QED) is 0.923. The summed E-state index contributed by atoms with van der Waals surface area (Å²) in [6.45, 7) is 0.372. The number of carboxylic acids is 1. The average Bonchev–Trinajstić information content (AvgIpc) is 2.77. The van der Waals surface area contributed by atoms with E-state index in [1.165, 1.54) is 6.07 Å². The lowest BCUT2D eigenvalue weighted by molar-refractivity contribution is 0.0692. The van der Waals surface area contributed by atoms with Crippen LogP contribution in [0.4, 0.5) is 5.69 Å². The first-order valence-corrected chi connectivity index (χ1v) is 6.38. The molecule has 0 saturated carbocycles. The van der Waals surface area contributed by atoms with Gasteiger partial charge in [0.1, 0.15) is 0 Å². The van der Waals surface area contributed by atoms with E-state index < -0.39 is 5.97 Å². The SMILES string of the molecule is O=C(O)c1cccc2c1C(=O)N(c1ccc(Cl)cc1)C2. The predicted octanol–water partition coefficient (Wildman–Crippen LogP) is 3.20. The smallest absolute Gasteiger partial charge is 0.336 e. The van der Waals surface area contributed by atoms with Crippen LogP contribution < -0.4 is 4.90 Å². The van der Waals surface area contributed by atoms with E-state index in [4.69, 9.17) is 11.6 Å². The number of hydrogen-bond donors (Lipinski definition) is 1. The highest BCUT2D eigenvalue weighted by Crippen LogP contribution is 2.31. The van der Waals surface area contributed by atoms with Gasteiger partial charge >= 0.3 is 5.97 Å². The van der Waals surface area contributed by atoms with Crippen molar-refractivity contribution in [3.05, 3.63) is 64.2 Å². The molecule has 0 aliphatic carbocycles. The highest BCUT2D eigenvalue weighted by atomic mass is 35.5. The van der Waals surface area contributed by atoms with Gasteiger partial charge in [0.25, 0.3) is 5.91 Å². The number of hydrogen-bond acceptors (Lipinski definition) is 2. The fraction of sp³-hybridized carbons (Fsp3) is 0.0667. The molecule has 1 heterocycles. The van der Waals surface area contributed by atoms with Crippen LogP contribution in [0.25, 0.3) is 0 Å². The highest BCUT2D eigenvalue weighted by Gasteiger charge is 2.32. The topological polar surface area (TPSA) is 57.6 Å². The summed E-state index contributed by atoms with van der Waals surface area (Å²) in [7, 11) is 0. The van der Waals surface area contributed by atoms with E-state index in [1.807, 2.05) is 0 Å². The summed E-state index contributed by atoms with van der Waals surface area (Å²) >= 11 is 5.83. The molecule has 2 aromatic rings. The molecule has 4 nitrogen and oxygen atoms in total. The standard InChI is InChI=1S/C15H10ClNO3/c16-10-4-6-11(7-5-10)17-8-9-2-1-3-12(15(19)20)13(9)14(17)18/h1-7H,8H2,(H,19,20). The molecule has 1 aliphatic heterocycles. The van der Waals surface area contributed by atoms with Gasteiger partial charge in [-0.3, -0.25) is 4.79 Å². The summed E-state index contributed by atoms with van der Waals surface area (Å²) in [5, 5.41) is 9.76. The zero-order chi connectivity index (χ0) is 14.3. The maximum absolute atomic E-state index is 12.4. The molecule has 1 aliphatic rings. The molecule has 20 heavy (non-hydrogen) atoms. The lowest BCUT2D eigenvalue weighted by Crippen LogP contribution is -2.23. The second kappa shape index (κ2) is 4.65. The minimum atomic E-state index is -1.09. The van der Waals surface area contributed by atoms with E-state index in [0.29, 0.717) is 17.3 Å². The van der Waals surface area contributed by atoms with E-state index in [-0.39, 0.29) is 17.0 Å². The number of carbonyl (C=O) groups excluding carboxylic acids is 1. The number of anilines is 1. The lowest BCUT2D eigenvalue weighted by Gasteiger charge is -2.15. The van der Waals surface area contributed by atoms with E-state index in [2.05, 4.69) is 0 Å². The Bertz CT molecular complexity index is 710. The van der Waals surface area contributed by atoms with E-state index >= 15 is 0 Å². The van der Waals surface area contributed by atoms with Gasteiger partial charge in [-0.1, -0.05) is 23.7 Å². The number of benzene rings is 2. The van der Waals surface area contributed by atoms with Crippen molar-refractivity contribution in [2.24, 2.45) is 0 Å². The third-order valence-electron chi connectivity index (χ3n) is 3.31. The van der Waals surface area contributed by atoms with Crippen LogP contribution in [0.2, 0.25) is 5.02 Å². The van der Waals surface area contributed by atoms with Gasteiger partial charge in [-0.05, 0) is 35.9 Å². The third-order valence-corrected chi connectivity index (χ3v) is 3.56. The van der Waals surface area contributed by atoms with E-state index in [0.717, 1.165) is 5.56 Å². The van der Waals surface area contributed by atoms with Crippen molar-refractivity contribution in [3.63, 3.8) is 0 Å². The first kappa shape index (κ1) is 12.7. The van der Waals surface area contributed by atoms with Crippen LogP contribution >= 0.6 is 11.6 Å². The molecule has 0 radical (unpaired) electrons. The maximum Gasteiger partial charge on any atom is 0.336 e. The summed E-state index contributed by atoms with van der Waals surface area (Å²) in [6.07, 6.45) is 0. The van der Waals surface area contributed by atoms with Gasteiger partial charge in [-0.25, -0.2) is 4.79 Å². The van der Waals surface area contributed by atoms with E-state index in [1.54, 1.807) is 41.3 Å². The Labute approximate surface area is 120 Å². The molecule has 5 heteroatoms. The fourth-order valence-corrected chi connectivity index (χ4v) is 2.50. The molecular formula is C15H10ClNO3. The van der Waals surface area contributed by atoms with Gasteiger partial charge in [-0.15, -0.1) is 0 Å². The Hall–Kier alpha value is -2.33. The largest absolute Gasteiger partial charge is 0.478 e. The van der Waals surface area contributed by atoms with Crippen molar-refractivity contribution in [1.29, 1.82) is 0 Å². The fourth-order valence-electron chi connectivity index (χ4n) is 2.37. The second-order valence-corrected chi connectivity index (χ2v) is 4.95. The Kier molecular flexibility index (Phi) is 2.95. The van der Waals surface area contributed by atoms with Crippen molar-refractivity contribution >= 4 is 29.2 Å². The van der Waals surface area contributed by atoms with Gasteiger partial charge in [0.05, 0.1) is 17.7 Å². The Morgan fingerprint density at radius 1 is 1.15 bits per heavy atom. The molecule has 0 unspecified atom stereocenters. The molecule has 2 aromatic carbocycles. The molecule has 0 bridgehead atoms. The average molecular weight is 288 g/mol. The molecule has 100 valence electrons. The molecule has 0 saturated heterocycles. The van der Waals surface area contributed by atoms with Gasteiger partial charge in [0.15, 0.2) is 0 Å². The molecule has 0 atom stereocenters. The van der Waals surface area contributed by atoms with Crippen LogP contribution in [0, 0.1) is 0 Å². The first-order chi connectivity index (χ1) is 9.58. The highest BCUT2D eigenvalue weighted by molar-refractivity contribution is 6.30. The number of carboxylic acid groups (broad SMARTS) is 1. The molecule has 3 rings (SSSR count). The molecule has 1 amide bonds. The summed E-state index contributed by atoms with van der Waals surface area (Å²) in [5.41, 5.74) is 1.75. The number of nitrogens with zero attached hydrogens (tertiary/aromatic N) is 1. The number of aromatic carboxylic acids is 1. The first-order valence-electron chi connectivity index (χ1n) is 6.00. The van der Waals surface area contributed by atoms with Crippen LogP contribution in [-0.4, -0.2) is 17.0 Å². The monoisotopic (exact) mass is 287 g/mol. The van der Waals surface area contributed by atoms with Gasteiger partial charge in [-0.2, -0.15) is 0 Å². The Morgan fingerprint density at radius 3 is 2.50 bits per heavy atom. The molecular weight excluding hydrogens is 278 g/mol. The van der Waals surface area contributed by atoms with Crippen LogP contribution in [0.1, 0.15) is 26.3 Å². The van der Waals surface area contributed by atoms with Crippen molar-refractivity contribution in [3.8, 4) is 0 Å². The normalized spacial score (nSPS) is 13.4. The number of rotatable bonds is 2. The lowest BCUT2D eigenvalue weighted by atomic mass is 10.0. The molecule has 0 spiro atoms. The van der Waals surface area contributed by atoms with Crippen LogP contribution in [0.5, 0.6) is 0 Å². The maximum atomic E-state index is 12.4. The molecule has 0 fully saturated rings. The van der Waals surface area contributed by atoms with Crippen molar-refractivity contribution in [2.45, 2.75) is 6.54 Å². The van der Waals surface area contributed by atoms with Crippen LogP contribution in [0.15, 0.2) is 42.5 Å². The Morgan fingerprint density at radius 2 is 1.85 bits per heavy atom.